The van der Waals surface area contributed by atoms with Gasteiger partial charge in [-0.15, -0.1) is 0 Å². The van der Waals surface area contributed by atoms with Crippen LogP contribution < -0.4 is 5.11 Å². The lowest BCUT2D eigenvalue weighted by Crippen LogP contribution is -2.75. The van der Waals surface area contributed by atoms with Crippen LogP contribution in [0.15, 0.2) is 0 Å². The summed E-state index contributed by atoms with van der Waals surface area (Å²) >= 11 is 0. The molecule has 24 heavy (non-hydrogen) atoms. The third kappa shape index (κ3) is 3.16. The van der Waals surface area contributed by atoms with Gasteiger partial charge in [-0.05, 0) is 0 Å². The maximum atomic E-state index is 13.0. The number of nitrogens with zero attached hydrogens (tertiary/aromatic N) is 1. The van der Waals surface area contributed by atoms with Gasteiger partial charge in [0.05, 0.1) is 0 Å². The summed E-state index contributed by atoms with van der Waals surface area (Å²) in [4.78, 5) is 5.14. The summed E-state index contributed by atoms with van der Waals surface area (Å²) < 4.78 is 173. The Morgan fingerprint density at radius 1 is 0.583 bits per heavy atom. The molecule has 3 nitrogen and oxygen atoms in total. The zero-order valence-electron chi connectivity index (χ0n) is 10.1. The lowest BCUT2D eigenvalue weighted by molar-refractivity contribution is -0.497. The number of halogens is 14. The molecule has 0 atom stereocenters. The summed E-state index contributed by atoms with van der Waals surface area (Å²) in [6.45, 7) is 0. The zero-order chi connectivity index (χ0) is 20.2. The Kier molecular flexibility index (Phi) is 5.13. The number of rotatable bonds is 5. The van der Waals surface area contributed by atoms with Gasteiger partial charge in [-0.2, -0.15) is 61.5 Å². The Morgan fingerprint density at radius 2 is 0.833 bits per heavy atom. The normalized spacial score (nSPS) is 15.8. The number of alkyl halides is 14. The van der Waals surface area contributed by atoms with Crippen LogP contribution in [0.3, 0.4) is 0 Å². The first-order valence-electron chi connectivity index (χ1n) is 4.72. The van der Waals surface area contributed by atoms with Crippen molar-refractivity contribution >= 4 is 5.97 Å². The molecule has 0 aliphatic heterocycles. The highest BCUT2D eigenvalue weighted by Gasteiger charge is 2.84. The van der Waals surface area contributed by atoms with Crippen LogP contribution in [0.1, 0.15) is 0 Å². The van der Waals surface area contributed by atoms with Crippen molar-refractivity contribution in [3.8, 4) is 0 Å². The fourth-order valence-corrected chi connectivity index (χ4v) is 1.05. The van der Waals surface area contributed by atoms with Gasteiger partial charge < -0.3 is 9.90 Å². The Labute approximate surface area is 120 Å². The van der Waals surface area contributed by atoms with E-state index in [9.17, 15) is 71.4 Å². The van der Waals surface area contributed by atoms with Crippen LogP contribution in [0.2, 0.25) is 0 Å². The molecule has 0 aliphatic carbocycles. The summed E-state index contributed by atoms with van der Waals surface area (Å²) in [5.74, 6) is -11.8. The largest absolute Gasteiger partial charge is 0.544 e. The van der Waals surface area contributed by atoms with Crippen molar-refractivity contribution in [3.63, 3.8) is 0 Å². The molecule has 0 heterocycles. The van der Waals surface area contributed by atoms with E-state index in [1.54, 1.807) is 0 Å². The molecular weight excluding hydrogens is 396 g/mol. The Morgan fingerprint density at radius 3 is 1.00 bits per heavy atom. The molecule has 0 aromatic carbocycles. The lowest BCUT2D eigenvalue weighted by Gasteiger charge is -2.44. The fourth-order valence-electron chi connectivity index (χ4n) is 1.05. The molecule has 0 saturated carbocycles. The second-order valence-electron chi connectivity index (χ2n) is 3.82. The molecule has 0 rings (SSSR count). The highest BCUT2D eigenvalue weighted by atomic mass is 19.4. The molecule has 17 heteroatoms. The predicted molar refractivity (Wildman–Crippen MR) is 38.7 cm³/mol. The monoisotopic (exact) mass is 396 g/mol. The molecule has 0 spiro atoms. The molecular formula is C7F14NO2-. The number of hydrogen-bond acceptors (Lipinski definition) is 3. The first-order chi connectivity index (χ1) is 10.1. The van der Waals surface area contributed by atoms with Crippen LogP contribution in [0.5, 0.6) is 0 Å². The van der Waals surface area contributed by atoms with Gasteiger partial charge in [-0.3, -0.25) is 0 Å². The average molecular weight is 396 g/mol. The van der Waals surface area contributed by atoms with E-state index in [-0.39, 0.29) is 0 Å². The molecule has 0 aliphatic rings. The summed E-state index contributed by atoms with van der Waals surface area (Å²) in [6.07, 6.45) is -15.3. The minimum Gasteiger partial charge on any atom is -0.544 e. The van der Waals surface area contributed by atoms with Gasteiger partial charge in [0.2, 0.25) is 0 Å². The van der Waals surface area contributed by atoms with E-state index in [2.05, 4.69) is 0 Å². The van der Waals surface area contributed by atoms with Crippen molar-refractivity contribution in [2.45, 2.75) is 36.4 Å². The van der Waals surface area contributed by atoms with Crippen LogP contribution in [-0.4, -0.2) is 47.3 Å². The van der Waals surface area contributed by atoms with Gasteiger partial charge in [0.1, 0.15) is 5.97 Å². The van der Waals surface area contributed by atoms with E-state index in [1.165, 1.54) is 0 Å². The smallest absolute Gasteiger partial charge is 0.469 e. The molecule has 0 unspecified atom stereocenters. The maximum Gasteiger partial charge on any atom is 0.469 e. The zero-order valence-corrected chi connectivity index (χ0v) is 10.1. The molecule has 0 bridgehead atoms. The third-order valence-electron chi connectivity index (χ3n) is 2.16. The van der Waals surface area contributed by atoms with Crippen molar-refractivity contribution < 1.29 is 71.4 Å². The second kappa shape index (κ2) is 5.48. The van der Waals surface area contributed by atoms with Gasteiger partial charge in [-0.1, -0.05) is 4.90 Å². The van der Waals surface area contributed by atoms with E-state index in [1.807, 2.05) is 0 Å². The van der Waals surface area contributed by atoms with Gasteiger partial charge in [0.15, 0.2) is 0 Å². The van der Waals surface area contributed by atoms with Crippen LogP contribution in [-0.2, 0) is 4.79 Å². The molecule has 0 N–H and O–H groups in total. The van der Waals surface area contributed by atoms with E-state index in [0.717, 1.165) is 0 Å². The van der Waals surface area contributed by atoms with Crippen LogP contribution in [0, 0.1) is 0 Å². The third-order valence-corrected chi connectivity index (χ3v) is 2.16. The van der Waals surface area contributed by atoms with Gasteiger partial charge in [0, 0.05) is 0 Å². The van der Waals surface area contributed by atoms with Gasteiger partial charge in [-0.25, -0.2) is 0 Å². The van der Waals surface area contributed by atoms with Crippen molar-refractivity contribution in [1.82, 2.24) is 4.90 Å². The Hall–Kier alpha value is -1.55. The summed E-state index contributed by atoms with van der Waals surface area (Å²) in [6, 6.07) is -23.8. The minimum absolute atomic E-state index is 4.49. The fraction of sp³-hybridized carbons (Fsp3) is 0.857. The predicted octanol–water partition coefficient (Wildman–Crippen LogP) is 2.58. The average Bonchev–Trinajstić information content (AvgIpc) is 2.23. The summed E-state index contributed by atoms with van der Waals surface area (Å²) in [7, 11) is 0. The molecule has 0 radical (unpaired) electrons. The van der Waals surface area contributed by atoms with Gasteiger partial charge >= 0.3 is 36.4 Å². The van der Waals surface area contributed by atoms with Crippen molar-refractivity contribution in [2.75, 3.05) is 0 Å². The lowest BCUT2D eigenvalue weighted by atomic mass is 10.2. The quantitative estimate of drug-likeness (QED) is 0.530. The summed E-state index contributed by atoms with van der Waals surface area (Å²) in [5.41, 5.74) is 0. The number of carbonyl (C=O) groups excluding carboxylic acids is 1. The topological polar surface area (TPSA) is 43.4 Å². The first kappa shape index (κ1) is 22.4. The standard InChI is InChI=1S/C7HF14NO2/c8-2(9,1(23)24)5(16,17)22(6(18,19)3(10,11)12)7(20,21)4(13,14)15/h(H,23,24)/p-1. The van der Waals surface area contributed by atoms with E-state index in [4.69, 9.17) is 0 Å². The van der Waals surface area contributed by atoms with Crippen molar-refractivity contribution in [2.24, 2.45) is 0 Å². The number of aliphatic carboxylic acids is 1. The second-order valence-corrected chi connectivity index (χ2v) is 3.82. The number of carbonyl (C=O) groups is 1. The highest BCUT2D eigenvalue weighted by molar-refractivity contribution is 5.74. The van der Waals surface area contributed by atoms with Crippen LogP contribution in [0.4, 0.5) is 61.5 Å². The van der Waals surface area contributed by atoms with Crippen LogP contribution >= 0.6 is 0 Å². The number of carboxylic acids is 1. The Bertz CT molecular complexity index is 464. The first-order valence-corrected chi connectivity index (χ1v) is 4.72. The minimum atomic E-state index is -7.94. The molecule has 0 fully saturated rings. The van der Waals surface area contributed by atoms with Crippen molar-refractivity contribution in [3.05, 3.63) is 0 Å². The molecule has 0 saturated heterocycles. The molecule has 0 aromatic heterocycles. The molecule has 0 aromatic rings. The van der Waals surface area contributed by atoms with E-state index >= 15 is 0 Å². The summed E-state index contributed by atoms with van der Waals surface area (Å²) in [5, 5.41) is 9.71. The number of carboxylic acid groups (broad SMARTS) is 1. The van der Waals surface area contributed by atoms with Crippen LogP contribution in [0.25, 0.3) is 0 Å². The highest BCUT2D eigenvalue weighted by Crippen LogP contribution is 2.55. The Balaban J connectivity index is 6.78. The molecule has 0 amide bonds. The van der Waals surface area contributed by atoms with Gasteiger partial charge in [0.25, 0.3) is 0 Å². The SMILES string of the molecule is O=C([O-])C(F)(F)C(F)(F)N(C(F)(F)C(F)(F)F)C(F)(F)C(F)(F)F. The maximum absolute atomic E-state index is 13.0. The van der Waals surface area contributed by atoms with E-state index < -0.39 is 47.3 Å². The van der Waals surface area contributed by atoms with Crippen molar-refractivity contribution in [1.29, 1.82) is 0 Å². The number of hydrogen-bond donors (Lipinski definition) is 0. The van der Waals surface area contributed by atoms with E-state index in [0.29, 0.717) is 0 Å². The molecule has 144 valence electrons.